The van der Waals surface area contributed by atoms with Crippen molar-refractivity contribution in [2.24, 2.45) is 0 Å². The quantitative estimate of drug-likeness (QED) is 0.0791. The highest BCUT2D eigenvalue weighted by Gasteiger charge is 2.21. The first-order valence-electron chi connectivity index (χ1n) is 19.6. The minimum Gasteiger partial charge on any atom is -0.377 e. The molecule has 6 aromatic rings. The van der Waals surface area contributed by atoms with Crippen LogP contribution in [0, 0.1) is 0 Å². The van der Waals surface area contributed by atoms with E-state index in [1.807, 2.05) is 123 Å². The molecule has 0 radical (unpaired) electrons. The van der Waals surface area contributed by atoms with Crippen LogP contribution in [0.4, 0.5) is 11.4 Å². The number of hydrogen-bond acceptors (Lipinski definition) is 11. The Kier molecular flexibility index (Phi) is 15.3. The fourth-order valence-electron chi connectivity index (χ4n) is 7.08. The molecule has 0 bridgehead atoms. The Morgan fingerprint density at radius 2 is 0.898 bits per heavy atom. The summed E-state index contributed by atoms with van der Waals surface area (Å²) in [5.74, 6) is 1.63. The van der Waals surface area contributed by atoms with Crippen LogP contribution in [0.3, 0.4) is 0 Å². The van der Waals surface area contributed by atoms with Crippen LogP contribution in [0.5, 0.6) is 0 Å². The van der Waals surface area contributed by atoms with Crippen LogP contribution >= 0.6 is 11.8 Å². The van der Waals surface area contributed by atoms with E-state index >= 15 is 0 Å². The van der Waals surface area contributed by atoms with Crippen molar-refractivity contribution < 1.29 is 16.8 Å². The van der Waals surface area contributed by atoms with Gasteiger partial charge in [-0.25, -0.2) is 26.3 Å². The highest BCUT2D eigenvalue weighted by Crippen LogP contribution is 2.31. The summed E-state index contributed by atoms with van der Waals surface area (Å²) >= 11 is 1.80. The molecular formula is C44H54N8O4S3. The van der Waals surface area contributed by atoms with Gasteiger partial charge in [-0.2, -0.15) is 11.8 Å². The molecule has 4 aromatic carbocycles. The van der Waals surface area contributed by atoms with E-state index in [4.69, 9.17) is 0 Å². The molecule has 0 fully saturated rings. The van der Waals surface area contributed by atoms with Crippen molar-refractivity contribution in [3.05, 3.63) is 133 Å². The summed E-state index contributed by atoms with van der Waals surface area (Å²) in [7, 11) is 0.227. The number of pyridine rings is 2. The van der Waals surface area contributed by atoms with E-state index in [2.05, 4.69) is 29.2 Å². The Morgan fingerprint density at radius 1 is 0.492 bits per heavy atom. The summed E-state index contributed by atoms with van der Waals surface area (Å²) in [6.07, 6.45) is 3.54. The smallest absolute Gasteiger partial charge is 0.241 e. The molecule has 0 aliphatic heterocycles. The van der Waals surface area contributed by atoms with Crippen molar-refractivity contribution in [3.8, 4) is 0 Å². The van der Waals surface area contributed by atoms with Gasteiger partial charge in [-0.05, 0) is 48.5 Å². The summed E-state index contributed by atoms with van der Waals surface area (Å²) < 4.78 is 60.3. The van der Waals surface area contributed by atoms with Crippen molar-refractivity contribution in [2.75, 3.05) is 88.8 Å². The lowest BCUT2D eigenvalue weighted by atomic mass is 10.1. The molecule has 2 heterocycles. The summed E-state index contributed by atoms with van der Waals surface area (Å²) in [5, 5.41) is 3.14. The summed E-state index contributed by atoms with van der Waals surface area (Å²) in [4.78, 5) is 18.0. The molecule has 0 aliphatic carbocycles. The van der Waals surface area contributed by atoms with Crippen LogP contribution < -0.4 is 19.2 Å². The molecule has 0 saturated carbocycles. The van der Waals surface area contributed by atoms with E-state index in [1.54, 1.807) is 48.4 Å². The molecule has 0 aliphatic rings. The van der Waals surface area contributed by atoms with Crippen LogP contribution in [-0.4, -0.2) is 116 Å². The number of anilines is 2. The molecule has 2 aromatic heterocycles. The van der Waals surface area contributed by atoms with E-state index in [0.717, 1.165) is 58.1 Å². The third-order valence-electron chi connectivity index (χ3n) is 10.0. The number of nitrogens with one attached hydrogen (secondary N) is 2. The fourth-order valence-corrected chi connectivity index (χ4v) is 10.5. The van der Waals surface area contributed by atoms with E-state index in [-0.39, 0.29) is 22.9 Å². The number of nitrogens with zero attached hydrogens (tertiary/aromatic N) is 6. The van der Waals surface area contributed by atoms with Crippen LogP contribution in [-0.2, 0) is 33.1 Å². The van der Waals surface area contributed by atoms with Gasteiger partial charge in [-0.15, -0.1) is 0 Å². The second-order valence-corrected chi connectivity index (χ2v) is 19.3. The largest absolute Gasteiger partial charge is 0.377 e. The minimum absolute atomic E-state index is 0.243. The third-order valence-corrected chi connectivity index (χ3v) is 14.0. The van der Waals surface area contributed by atoms with Gasteiger partial charge in [-0.3, -0.25) is 19.8 Å². The molecule has 0 spiro atoms. The van der Waals surface area contributed by atoms with Crippen molar-refractivity contribution in [1.82, 2.24) is 29.2 Å². The normalized spacial score (nSPS) is 12.2. The van der Waals surface area contributed by atoms with Gasteiger partial charge in [0.1, 0.15) is 0 Å². The van der Waals surface area contributed by atoms with E-state index < -0.39 is 20.0 Å². The highest BCUT2D eigenvalue weighted by atomic mass is 32.2. The monoisotopic (exact) mass is 854 g/mol. The van der Waals surface area contributed by atoms with E-state index in [0.29, 0.717) is 37.0 Å². The average molecular weight is 855 g/mol. The van der Waals surface area contributed by atoms with Crippen LogP contribution in [0.25, 0.3) is 21.5 Å². The molecule has 0 saturated heterocycles. The molecule has 6 rings (SSSR count). The standard InChI is InChI=1S/C44H54N8O4S3/c1-49(2)41-19-9-17-39-37(41)15-11-21-43(39)58(53,54)47-25-27-51(33-35-13-5-7-23-45-35)29-31-57-32-30-52(34-36-14-6-8-24-46-36)28-26-48-59(55,56)44-22-12-16-38-40(44)18-10-20-42(38)50(3)4/h5-24,47-48H,25-34H2,1-4H3. The molecule has 2 N–H and O–H groups in total. The molecular weight excluding hydrogens is 801 g/mol. The van der Waals surface area contributed by atoms with Gasteiger partial charge in [0.2, 0.25) is 20.0 Å². The second kappa shape index (κ2) is 20.6. The first kappa shape index (κ1) is 44.0. The minimum atomic E-state index is -3.78. The third kappa shape index (κ3) is 11.8. The van der Waals surface area contributed by atoms with E-state index in [9.17, 15) is 16.8 Å². The van der Waals surface area contributed by atoms with Crippen LogP contribution in [0.1, 0.15) is 11.4 Å². The Balaban J connectivity index is 1.05. The number of benzene rings is 4. The van der Waals surface area contributed by atoms with Crippen molar-refractivity contribution in [1.29, 1.82) is 0 Å². The Morgan fingerprint density at radius 3 is 1.29 bits per heavy atom. The fraction of sp³-hybridized carbons (Fsp3) is 0.318. The lowest BCUT2D eigenvalue weighted by Crippen LogP contribution is -2.37. The number of hydrogen-bond donors (Lipinski definition) is 2. The van der Waals surface area contributed by atoms with Crippen LogP contribution in [0.2, 0.25) is 0 Å². The lowest BCUT2D eigenvalue weighted by Gasteiger charge is -2.24. The van der Waals surface area contributed by atoms with Gasteiger partial charge < -0.3 is 9.80 Å². The number of rotatable bonds is 22. The first-order chi connectivity index (χ1) is 28.4. The molecule has 59 heavy (non-hydrogen) atoms. The highest BCUT2D eigenvalue weighted by molar-refractivity contribution is 7.99. The molecule has 0 atom stereocenters. The van der Waals surface area contributed by atoms with Gasteiger partial charge >= 0.3 is 0 Å². The average Bonchev–Trinajstić information content (AvgIpc) is 3.22. The number of thioether (sulfide) groups is 1. The zero-order valence-electron chi connectivity index (χ0n) is 34.2. The Bertz CT molecular complexity index is 2330. The SMILES string of the molecule is CN(C)c1cccc2c(S(=O)(=O)NCCN(CCSCCN(CCNS(=O)(=O)c3cccc4c(N(C)C)cccc34)Cc3ccccn3)Cc3ccccn3)cccc12. The predicted octanol–water partition coefficient (Wildman–Crippen LogP) is 5.91. The maximum absolute atomic E-state index is 13.6. The van der Waals surface area contributed by atoms with Gasteiger partial charge in [0.25, 0.3) is 0 Å². The zero-order chi connectivity index (χ0) is 41.8. The van der Waals surface area contributed by atoms with Gasteiger partial charge in [0, 0.05) is 137 Å². The maximum Gasteiger partial charge on any atom is 0.241 e. The first-order valence-corrected chi connectivity index (χ1v) is 23.7. The van der Waals surface area contributed by atoms with Crippen molar-refractivity contribution >= 4 is 64.7 Å². The molecule has 0 unspecified atom stereocenters. The van der Waals surface area contributed by atoms with E-state index in [1.165, 1.54) is 0 Å². The predicted molar refractivity (Wildman–Crippen MR) is 243 cm³/mol. The second-order valence-electron chi connectivity index (χ2n) is 14.6. The zero-order valence-corrected chi connectivity index (χ0v) is 36.6. The Labute approximate surface area is 353 Å². The van der Waals surface area contributed by atoms with Crippen LogP contribution in [0.15, 0.2) is 131 Å². The molecule has 15 heteroatoms. The molecule has 312 valence electrons. The number of fused-ring (bicyclic) bond motifs is 2. The topological polar surface area (TPSA) is 131 Å². The van der Waals surface area contributed by atoms with Crippen molar-refractivity contribution in [3.63, 3.8) is 0 Å². The number of aromatic nitrogens is 2. The molecule has 0 amide bonds. The van der Waals surface area contributed by atoms with Gasteiger partial charge in [-0.1, -0.05) is 60.7 Å². The summed E-state index contributed by atoms with van der Waals surface area (Å²) in [6, 6.07) is 33.9. The summed E-state index contributed by atoms with van der Waals surface area (Å²) in [6.45, 7) is 4.12. The maximum atomic E-state index is 13.6. The Hall–Kier alpha value is -4.61. The number of sulfonamides is 2. The van der Waals surface area contributed by atoms with Gasteiger partial charge in [0.05, 0.1) is 21.2 Å². The lowest BCUT2D eigenvalue weighted by molar-refractivity contribution is 0.281. The summed E-state index contributed by atoms with van der Waals surface area (Å²) in [5.41, 5.74) is 3.74. The van der Waals surface area contributed by atoms with Crippen molar-refractivity contribution in [2.45, 2.75) is 22.9 Å². The molecule has 12 nitrogen and oxygen atoms in total. The van der Waals surface area contributed by atoms with Gasteiger partial charge in [0.15, 0.2) is 0 Å².